The van der Waals surface area contributed by atoms with Crippen molar-refractivity contribution in [3.8, 4) is 5.75 Å². The first-order valence-corrected chi connectivity index (χ1v) is 6.31. The molecule has 0 heterocycles. The number of hydrogen-bond donors (Lipinski definition) is 1. The zero-order chi connectivity index (χ0) is 14.7. The van der Waals surface area contributed by atoms with E-state index in [1.165, 1.54) is 6.92 Å². The molecule has 0 atom stereocenters. The van der Waals surface area contributed by atoms with Gasteiger partial charge in [-0.15, -0.1) is 0 Å². The molecule has 0 unspecified atom stereocenters. The number of methoxy groups -OCH3 is 1. The van der Waals surface area contributed by atoms with Crippen LogP contribution in [-0.2, 0) is 0 Å². The number of hydrogen-bond acceptors (Lipinski definition) is 4. The van der Waals surface area contributed by atoms with Gasteiger partial charge >= 0.3 is 0 Å². The highest BCUT2D eigenvalue weighted by molar-refractivity contribution is 5.99. The van der Waals surface area contributed by atoms with Gasteiger partial charge in [-0.25, -0.2) is 0 Å². The lowest BCUT2D eigenvalue weighted by atomic mass is 10.1. The van der Waals surface area contributed by atoms with Crippen molar-refractivity contribution >= 4 is 22.8 Å². The molecule has 2 rings (SSSR count). The number of Topliss-reactive ketones (excluding diaryl/α,β-unsaturated/α-hetero) is 1. The molecule has 0 bridgehead atoms. The number of nitrogens with zero attached hydrogens (tertiary/aromatic N) is 1. The van der Waals surface area contributed by atoms with Crippen LogP contribution >= 0.6 is 0 Å². The maximum Gasteiger partial charge on any atom is 0.161 e. The van der Waals surface area contributed by atoms with Crippen LogP contribution in [0.4, 0.5) is 17.1 Å². The van der Waals surface area contributed by atoms with Crippen LogP contribution in [0.25, 0.3) is 0 Å². The summed E-state index contributed by atoms with van der Waals surface area (Å²) < 4.78 is 5.35. The fraction of sp³-hybridized carbons (Fsp3) is 0.188. The van der Waals surface area contributed by atoms with Crippen LogP contribution in [0.3, 0.4) is 0 Å². The molecule has 0 saturated carbocycles. The fourth-order valence-electron chi connectivity index (χ4n) is 2.13. The smallest absolute Gasteiger partial charge is 0.161 e. The minimum atomic E-state index is -0.0333. The monoisotopic (exact) mass is 270 g/mol. The number of carbonyl (C=O) groups excluding carboxylic acids is 1. The van der Waals surface area contributed by atoms with Crippen LogP contribution in [0.5, 0.6) is 5.75 Å². The van der Waals surface area contributed by atoms with Gasteiger partial charge in [-0.1, -0.05) is 12.1 Å². The normalized spacial score (nSPS) is 10.2. The van der Waals surface area contributed by atoms with Crippen molar-refractivity contribution in [2.75, 3.05) is 24.8 Å². The van der Waals surface area contributed by atoms with Crippen LogP contribution in [0, 0.1) is 0 Å². The number of anilines is 3. The Balaban J connectivity index is 2.41. The molecule has 4 heteroatoms. The van der Waals surface area contributed by atoms with E-state index in [0.717, 1.165) is 17.1 Å². The lowest BCUT2D eigenvalue weighted by molar-refractivity contribution is 0.101. The topological polar surface area (TPSA) is 55.6 Å². The predicted molar refractivity (Wildman–Crippen MR) is 81.9 cm³/mol. The van der Waals surface area contributed by atoms with Gasteiger partial charge in [0, 0.05) is 24.0 Å². The number of nitrogen functional groups attached to an aromatic ring is 1. The van der Waals surface area contributed by atoms with Gasteiger partial charge in [0.05, 0.1) is 12.8 Å². The Morgan fingerprint density at radius 1 is 1.20 bits per heavy atom. The summed E-state index contributed by atoms with van der Waals surface area (Å²) in [6.45, 7) is 1.51. The highest BCUT2D eigenvalue weighted by atomic mass is 16.5. The molecule has 2 N–H and O–H groups in total. The van der Waals surface area contributed by atoms with Gasteiger partial charge < -0.3 is 15.4 Å². The zero-order valence-corrected chi connectivity index (χ0v) is 11.9. The van der Waals surface area contributed by atoms with Crippen molar-refractivity contribution in [2.24, 2.45) is 0 Å². The average Bonchev–Trinajstić information content (AvgIpc) is 2.45. The molecule has 2 aromatic rings. The summed E-state index contributed by atoms with van der Waals surface area (Å²) in [6, 6.07) is 13.2. The summed E-state index contributed by atoms with van der Waals surface area (Å²) in [4.78, 5) is 13.4. The SMILES string of the molecule is COc1ccccc1N(C)c1ccc(C(C)=O)c(N)c1. The van der Waals surface area contributed by atoms with Crippen LogP contribution in [0.2, 0.25) is 0 Å². The van der Waals surface area contributed by atoms with Gasteiger partial charge in [0.2, 0.25) is 0 Å². The summed E-state index contributed by atoms with van der Waals surface area (Å²) in [5.41, 5.74) is 8.79. The van der Waals surface area contributed by atoms with Crippen molar-refractivity contribution in [2.45, 2.75) is 6.92 Å². The molecule has 0 aliphatic heterocycles. The van der Waals surface area contributed by atoms with Gasteiger partial charge in [-0.2, -0.15) is 0 Å². The molecule has 0 spiro atoms. The first-order chi connectivity index (χ1) is 9.54. The highest BCUT2D eigenvalue weighted by Crippen LogP contribution is 2.33. The maximum atomic E-state index is 11.4. The lowest BCUT2D eigenvalue weighted by Gasteiger charge is -2.22. The van der Waals surface area contributed by atoms with Crippen molar-refractivity contribution in [3.63, 3.8) is 0 Å². The summed E-state index contributed by atoms with van der Waals surface area (Å²) in [5.74, 6) is 0.748. The molecular formula is C16H18N2O2. The number of carbonyl (C=O) groups is 1. The molecule has 0 aliphatic rings. The van der Waals surface area contributed by atoms with Gasteiger partial charge in [0.15, 0.2) is 5.78 Å². The van der Waals surface area contributed by atoms with Crippen molar-refractivity contribution < 1.29 is 9.53 Å². The molecule has 4 nitrogen and oxygen atoms in total. The van der Waals surface area contributed by atoms with E-state index in [-0.39, 0.29) is 5.78 Å². The molecule has 0 saturated heterocycles. The minimum absolute atomic E-state index is 0.0333. The molecule has 20 heavy (non-hydrogen) atoms. The summed E-state index contributed by atoms with van der Waals surface area (Å²) in [5, 5.41) is 0. The van der Waals surface area contributed by atoms with Crippen molar-refractivity contribution in [3.05, 3.63) is 48.0 Å². The Bertz CT molecular complexity index is 638. The third kappa shape index (κ3) is 2.59. The molecular weight excluding hydrogens is 252 g/mol. The third-order valence-corrected chi connectivity index (χ3v) is 3.25. The van der Waals surface area contributed by atoms with Crippen molar-refractivity contribution in [1.82, 2.24) is 0 Å². The van der Waals surface area contributed by atoms with Crippen molar-refractivity contribution in [1.29, 1.82) is 0 Å². The van der Waals surface area contributed by atoms with E-state index < -0.39 is 0 Å². The second-order valence-corrected chi connectivity index (χ2v) is 4.56. The van der Waals surface area contributed by atoms with E-state index in [0.29, 0.717) is 11.3 Å². The van der Waals surface area contributed by atoms with E-state index in [9.17, 15) is 4.79 Å². The average molecular weight is 270 g/mol. The Hall–Kier alpha value is -2.49. The molecule has 0 radical (unpaired) electrons. The zero-order valence-electron chi connectivity index (χ0n) is 11.9. The van der Waals surface area contributed by atoms with E-state index in [1.807, 2.05) is 42.3 Å². The quantitative estimate of drug-likeness (QED) is 0.684. The second-order valence-electron chi connectivity index (χ2n) is 4.56. The minimum Gasteiger partial charge on any atom is -0.495 e. The van der Waals surface area contributed by atoms with Crippen LogP contribution in [-0.4, -0.2) is 19.9 Å². The molecule has 0 amide bonds. The number of nitrogens with two attached hydrogens (primary N) is 1. The van der Waals surface area contributed by atoms with E-state index in [4.69, 9.17) is 10.5 Å². The summed E-state index contributed by atoms with van der Waals surface area (Å²) in [7, 11) is 3.57. The van der Waals surface area contributed by atoms with Gasteiger partial charge in [-0.05, 0) is 37.3 Å². The number of benzene rings is 2. The van der Waals surface area contributed by atoms with Crippen LogP contribution in [0.1, 0.15) is 17.3 Å². The maximum absolute atomic E-state index is 11.4. The number of ether oxygens (including phenoxy) is 1. The first kappa shape index (κ1) is 13.9. The van der Waals surface area contributed by atoms with Crippen LogP contribution < -0.4 is 15.4 Å². The summed E-state index contributed by atoms with van der Waals surface area (Å²) in [6.07, 6.45) is 0. The third-order valence-electron chi connectivity index (χ3n) is 3.25. The van der Waals surface area contributed by atoms with Crippen LogP contribution in [0.15, 0.2) is 42.5 Å². The summed E-state index contributed by atoms with van der Waals surface area (Å²) >= 11 is 0. The van der Waals surface area contributed by atoms with Gasteiger partial charge in [0.25, 0.3) is 0 Å². The molecule has 0 aliphatic carbocycles. The predicted octanol–water partition coefficient (Wildman–Crippen LogP) is 3.25. The molecule has 0 fully saturated rings. The standard InChI is InChI=1S/C16H18N2O2/c1-11(19)13-9-8-12(10-14(13)17)18(2)15-6-4-5-7-16(15)20-3/h4-10H,17H2,1-3H3. The van der Waals surface area contributed by atoms with E-state index in [2.05, 4.69) is 0 Å². The Morgan fingerprint density at radius 2 is 1.90 bits per heavy atom. The Kier molecular flexibility index (Phi) is 3.94. The molecule has 2 aromatic carbocycles. The number of ketones is 1. The number of para-hydroxylation sites is 2. The second kappa shape index (κ2) is 5.65. The largest absolute Gasteiger partial charge is 0.495 e. The highest BCUT2D eigenvalue weighted by Gasteiger charge is 2.12. The number of rotatable bonds is 4. The van der Waals surface area contributed by atoms with E-state index in [1.54, 1.807) is 19.2 Å². The first-order valence-electron chi connectivity index (χ1n) is 6.31. The fourth-order valence-corrected chi connectivity index (χ4v) is 2.13. The Labute approximate surface area is 118 Å². The van der Waals surface area contributed by atoms with Gasteiger partial charge in [-0.3, -0.25) is 4.79 Å². The lowest BCUT2D eigenvalue weighted by Crippen LogP contribution is -2.11. The van der Waals surface area contributed by atoms with E-state index >= 15 is 0 Å². The molecule has 0 aromatic heterocycles. The Morgan fingerprint density at radius 3 is 2.50 bits per heavy atom. The molecule has 104 valence electrons. The van der Waals surface area contributed by atoms with Gasteiger partial charge in [0.1, 0.15) is 5.75 Å².